The van der Waals surface area contributed by atoms with Crippen LogP contribution in [0.3, 0.4) is 0 Å². The van der Waals surface area contributed by atoms with E-state index in [1.165, 1.54) is 0 Å². The third-order valence-corrected chi connectivity index (χ3v) is 5.62. The molecule has 2 atom stereocenters. The van der Waals surface area contributed by atoms with Crippen molar-refractivity contribution in [2.45, 2.75) is 31.5 Å². The minimum absolute atomic E-state index is 0.0972. The topological polar surface area (TPSA) is 29.5 Å². The number of benzene rings is 1. The highest BCUT2D eigenvalue weighted by Crippen LogP contribution is 2.58. The van der Waals surface area contributed by atoms with E-state index in [2.05, 4.69) is 15.9 Å². The molecule has 24 heavy (non-hydrogen) atoms. The van der Waals surface area contributed by atoms with Gasteiger partial charge in [0, 0.05) is 10.5 Å². The predicted molar refractivity (Wildman–Crippen MR) is 86.9 cm³/mol. The first kappa shape index (κ1) is 17.7. The number of alkyl halides is 3. The molecule has 3 rings (SSSR count). The van der Waals surface area contributed by atoms with E-state index in [0.29, 0.717) is 25.6 Å². The zero-order chi connectivity index (χ0) is 17.4. The molecule has 1 aliphatic heterocycles. The summed E-state index contributed by atoms with van der Waals surface area (Å²) in [5.74, 6) is 1.13. The van der Waals surface area contributed by atoms with Crippen molar-refractivity contribution in [2.75, 3.05) is 19.7 Å². The van der Waals surface area contributed by atoms with Gasteiger partial charge in [-0.05, 0) is 62.5 Å². The molecule has 2 fully saturated rings. The fraction of sp³-hybridized carbons (Fsp3) is 0.588. The number of aldehydes is 1. The predicted octanol–water partition coefficient (Wildman–Crippen LogP) is 4.06. The third-order valence-electron chi connectivity index (χ3n) is 5.09. The van der Waals surface area contributed by atoms with Crippen molar-refractivity contribution < 1.29 is 22.7 Å². The maximum absolute atomic E-state index is 13.0. The fourth-order valence-electron chi connectivity index (χ4n) is 3.39. The Morgan fingerprint density at radius 2 is 1.88 bits per heavy atom. The molecule has 2 aliphatic rings. The first-order chi connectivity index (χ1) is 11.4. The molecule has 0 spiro atoms. The Hall–Kier alpha value is -1.08. The Kier molecular flexibility index (Phi) is 4.93. The van der Waals surface area contributed by atoms with Gasteiger partial charge in [-0.25, -0.2) is 0 Å². The van der Waals surface area contributed by atoms with Crippen LogP contribution < -0.4 is 4.74 Å². The molecule has 0 amide bonds. The molecule has 7 heteroatoms. The number of hydrogen-bond acceptors (Lipinski definition) is 3. The van der Waals surface area contributed by atoms with Crippen LogP contribution >= 0.6 is 15.9 Å². The van der Waals surface area contributed by atoms with Gasteiger partial charge in [-0.1, -0.05) is 15.9 Å². The molecule has 1 aromatic rings. The molecular formula is C17H19BrF3NO2. The van der Waals surface area contributed by atoms with Crippen LogP contribution in [0.15, 0.2) is 28.7 Å². The molecule has 1 heterocycles. The van der Waals surface area contributed by atoms with Crippen molar-refractivity contribution in [3.63, 3.8) is 0 Å². The smallest absolute Gasteiger partial charge is 0.402 e. The molecule has 1 saturated heterocycles. The summed E-state index contributed by atoms with van der Waals surface area (Å²) >= 11 is 3.36. The van der Waals surface area contributed by atoms with Gasteiger partial charge in [-0.3, -0.25) is 4.90 Å². The van der Waals surface area contributed by atoms with Gasteiger partial charge in [0.25, 0.3) is 0 Å². The molecule has 0 bridgehead atoms. The molecule has 132 valence electrons. The number of rotatable bonds is 5. The van der Waals surface area contributed by atoms with E-state index in [1.807, 2.05) is 29.2 Å². The minimum Gasteiger partial charge on any atom is -0.493 e. The number of piperidine rings is 1. The van der Waals surface area contributed by atoms with E-state index < -0.39 is 17.6 Å². The van der Waals surface area contributed by atoms with Crippen molar-refractivity contribution >= 4 is 22.2 Å². The fourth-order valence-corrected chi connectivity index (χ4v) is 3.65. The van der Waals surface area contributed by atoms with Gasteiger partial charge in [0.2, 0.25) is 0 Å². The normalized spacial score (nSPS) is 28.6. The average Bonchev–Trinajstić information content (AvgIpc) is 3.31. The summed E-state index contributed by atoms with van der Waals surface area (Å²) < 4.78 is 45.8. The van der Waals surface area contributed by atoms with E-state index in [9.17, 15) is 18.0 Å². The van der Waals surface area contributed by atoms with E-state index in [-0.39, 0.29) is 12.7 Å². The maximum atomic E-state index is 13.0. The lowest BCUT2D eigenvalue weighted by Gasteiger charge is -2.33. The van der Waals surface area contributed by atoms with Gasteiger partial charge in [0.1, 0.15) is 17.5 Å². The second kappa shape index (κ2) is 6.67. The van der Waals surface area contributed by atoms with Gasteiger partial charge in [0.05, 0.1) is 6.61 Å². The molecule has 2 unspecified atom stereocenters. The van der Waals surface area contributed by atoms with E-state index in [4.69, 9.17) is 4.74 Å². The standard InChI is InChI=1S/C17H19BrF3NO2/c18-13-1-3-14(4-2-13)24-10-12-5-7-22(8-6-12)15-9-16(15,11-23)17(19,20)21/h1-4,11-12,15H,5-10H2. The van der Waals surface area contributed by atoms with Crippen LogP contribution in [0.25, 0.3) is 0 Å². The molecule has 0 aromatic heterocycles. The summed E-state index contributed by atoms with van der Waals surface area (Å²) in [6, 6.07) is 6.89. The van der Waals surface area contributed by atoms with Crippen LogP contribution in [0.1, 0.15) is 19.3 Å². The van der Waals surface area contributed by atoms with Crippen LogP contribution in [0.2, 0.25) is 0 Å². The maximum Gasteiger partial charge on any atom is 0.402 e. The third kappa shape index (κ3) is 3.47. The summed E-state index contributed by atoms with van der Waals surface area (Å²) in [5.41, 5.74) is -2.13. The van der Waals surface area contributed by atoms with Crippen LogP contribution in [0.4, 0.5) is 13.2 Å². The lowest BCUT2D eigenvalue weighted by atomic mass is 9.97. The SMILES string of the molecule is O=CC1(C(F)(F)F)CC1N1CCC(COc2ccc(Br)cc2)CC1. The van der Waals surface area contributed by atoms with Crippen LogP contribution in [0, 0.1) is 11.3 Å². The van der Waals surface area contributed by atoms with E-state index >= 15 is 0 Å². The summed E-state index contributed by atoms with van der Waals surface area (Å²) in [6.45, 7) is 1.74. The van der Waals surface area contributed by atoms with E-state index in [0.717, 1.165) is 23.1 Å². The zero-order valence-electron chi connectivity index (χ0n) is 13.1. The van der Waals surface area contributed by atoms with Crippen molar-refractivity contribution in [1.29, 1.82) is 0 Å². The molecule has 3 nitrogen and oxygen atoms in total. The number of carbonyl (C=O) groups is 1. The Labute approximate surface area is 147 Å². The molecule has 0 N–H and O–H groups in total. The van der Waals surface area contributed by atoms with Gasteiger partial charge in [0.15, 0.2) is 0 Å². The molecule has 0 radical (unpaired) electrons. The van der Waals surface area contributed by atoms with Gasteiger partial charge in [-0.15, -0.1) is 0 Å². The first-order valence-electron chi connectivity index (χ1n) is 8.01. The summed E-state index contributed by atoms with van der Waals surface area (Å²) in [5, 5.41) is 0. The zero-order valence-corrected chi connectivity index (χ0v) is 14.6. The number of ether oxygens (including phenoxy) is 1. The lowest BCUT2D eigenvalue weighted by molar-refractivity contribution is -0.189. The largest absolute Gasteiger partial charge is 0.493 e. The average molecular weight is 406 g/mol. The Balaban J connectivity index is 1.47. The summed E-state index contributed by atoms with van der Waals surface area (Å²) in [6.07, 6.45) is -2.86. The molecule has 1 aliphatic carbocycles. The number of hydrogen-bond donors (Lipinski definition) is 0. The van der Waals surface area contributed by atoms with Gasteiger partial charge < -0.3 is 9.53 Å². The second-order valence-corrected chi connectivity index (χ2v) is 7.54. The Morgan fingerprint density at radius 1 is 1.25 bits per heavy atom. The second-order valence-electron chi connectivity index (χ2n) is 6.62. The van der Waals surface area contributed by atoms with Gasteiger partial charge >= 0.3 is 6.18 Å². The van der Waals surface area contributed by atoms with Crippen LogP contribution in [-0.2, 0) is 4.79 Å². The van der Waals surface area contributed by atoms with Crippen LogP contribution in [-0.4, -0.2) is 43.1 Å². The molecule has 1 saturated carbocycles. The number of carbonyl (C=O) groups excluding carboxylic acids is 1. The number of halogens is 4. The van der Waals surface area contributed by atoms with Crippen molar-refractivity contribution in [1.82, 2.24) is 4.90 Å². The van der Waals surface area contributed by atoms with Crippen molar-refractivity contribution in [3.8, 4) is 5.75 Å². The minimum atomic E-state index is -4.44. The quantitative estimate of drug-likeness (QED) is 0.691. The molecular weight excluding hydrogens is 387 g/mol. The highest BCUT2D eigenvalue weighted by atomic mass is 79.9. The molecule has 1 aromatic carbocycles. The highest BCUT2D eigenvalue weighted by molar-refractivity contribution is 9.10. The summed E-state index contributed by atoms with van der Waals surface area (Å²) in [7, 11) is 0. The monoisotopic (exact) mass is 405 g/mol. The Morgan fingerprint density at radius 3 is 2.38 bits per heavy atom. The van der Waals surface area contributed by atoms with E-state index in [1.54, 1.807) is 0 Å². The van der Waals surface area contributed by atoms with Crippen molar-refractivity contribution in [2.24, 2.45) is 11.3 Å². The number of likely N-dealkylation sites (tertiary alicyclic amines) is 1. The lowest BCUT2D eigenvalue weighted by Crippen LogP contribution is -2.42. The highest BCUT2D eigenvalue weighted by Gasteiger charge is 2.72. The van der Waals surface area contributed by atoms with Crippen molar-refractivity contribution in [3.05, 3.63) is 28.7 Å². The Bertz CT molecular complexity index is 584. The number of nitrogens with zero attached hydrogens (tertiary/aromatic N) is 1. The van der Waals surface area contributed by atoms with Crippen LogP contribution in [0.5, 0.6) is 5.75 Å². The van der Waals surface area contributed by atoms with Gasteiger partial charge in [-0.2, -0.15) is 13.2 Å². The summed E-state index contributed by atoms with van der Waals surface area (Å²) in [4.78, 5) is 12.8. The first-order valence-corrected chi connectivity index (χ1v) is 8.80.